The Morgan fingerprint density at radius 3 is 1.16 bits per heavy atom. The highest BCUT2D eigenvalue weighted by Crippen LogP contribution is 2.12. The Balaban J connectivity index is 1.50. The van der Waals surface area contributed by atoms with Gasteiger partial charge in [0.05, 0.1) is 0 Å². The lowest BCUT2D eigenvalue weighted by Crippen LogP contribution is -2.36. The van der Waals surface area contributed by atoms with E-state index >= 15 is 0 Å². The summed E-state index contributed by atoms with van der Waals surface area (Å²) in [6.45, 7) is 19.8. The number of nitrogens with zero attached hydrogens (tertiary/aromatic N) is 2. The number of benzene rings is 1. The van der Waals surface area contributed by atoms with Gasteiger partial charge in [-0.15, -0.1) is 0 Å². The van der Waals surface area contributed by atoms with Crippen LogP contribution in [0.3, 0.4) is 0 Å². The second-order valence-corrected chi connectivity index (χ2v) is 10.6. The lowest BCUT2D eigenvalue weighted by atomic mass is 10.1. The van der Waals surface area contributed by atoms with Crippen LogP contribution < -0.4 is 31.9 Å². The molecule has 2 aliphatic heterocycles. The quantitative estimate of drug-likeness (QED) is 0.351. The van der Waals surface area contributed by atoms with Crippen molar-refractivity contribution in [3.05, 3.63) is 35.4 Å². The van der Waals surface area contributed by atoms with Gasteiger partial charge in [-0.3, -0.25) is 9.80 Å². The molecule has 2 heterocycles. The number of hydrogen-bond acceptors (Lipinski definition) is 8. The van der Waals surface area contributed by atoms with Crippen molar-refractivity contribution in [2.75, 3.05) is 105 Å². The van der Waals surface area contributed by atoms with E-state index < -0.39 is 0 Å². The van der Waals surface area contributed by atoms with Crippen LogP contribution in [0.1, 0.15) is 43.2 Å². The zero-order valence-electron chi connectivity index (χ0n) is 23.5. The third-order valence-electron chi connectivity index (χ3n) is 7.26. The molecule has 0 aromatic heterocycles. The second-order valence-electron chi connectivity index (χ2n) is 10.6. The molecule has 1 aromatic carbocycles. The third kappa shape index (κ3) is 15.2. The van der Waals surface area contributed by atoms with Crippen LogP contribution in [0.4, 0.5) is 0 Å². The molecule has 2 aliphatic rings. The summed E-state index contributed by atoms with van der Waals surface area (Å²) in [5.74, 6) is 0. The fraction of sp³-hybridized carbons (Fsp3) is 0.793. The van der Waals surface area contributed by atoms with E-state index in [-0.39, 0.29) is 0 Å². The van der Waals surface area contributed by atoms with E-state index in [1.54, 1.807) is 0 Å². The van der Waals surface area contributed by atoms with Gasteiger partial charge >= 0.3 is 0 Å². The van der Waals surface area contributed by atoms with Crippen molar-refractivity contribution >= 4 is 0 Å². The van der Waals surface area contributed by atoms with Crippen molar-refractivity contribution in [3.63, 3.8) is 0 Å². The van der Waals surface area contributed by atoms with Crippen LogP contribution in [0.2, 0.25) is 0 Å². The highest BCUT2D eigenvalue weighted by atomic mass is 15.1. The number of rotatable bonds is 4. The van der Waals surface area contributed by atoms with Gasteiger partial charge in [0, 0.05) is 52.4 Å². The Bertz CT molecular complexity index is 643. The van der Waals surface area contributed by atoms with E-state index in [0.717, 1.165) is 118 Å². The van der Waals surface area contributed by atoms with Crippen molar-refractivity contribution in [1.82, 2.24) is 41.7 Å². The smallest absolute Gasteiger partial charge is 0.0233 e. The average Bonchev–Trinajstić information content (AvgIpc) is 2.91. The zero-order valence-corrected chi connectivity index (χ0v) is 23.5. The summed E-state index contributed by atoms with van der Waals surface area (Å²) >= 11 is 0. The lowest BCUT2D eigenvalue weighted by molar-refractivity contribution is 0.252. The summed E-state index contributed by atoms with van der Waals surface area (Å²) in [6, 6.07) is 9.39. The molecule has 1 aromatic rings. The molecule has 8 heteroatoms. The summed E-state index contributed by atoms with van der Waals surface area (Å²) < 4.78 is 0. The molecule has 2 saturated heterocycles. The highest BCUT2D eigenvalue weighted by Gasteiger charge is 2.10. The van der Waals surface area contributed by atoms with Crippen molar-refractivity contribution < 1.29 is 0 Å². The van der Waals surface area contributed by atoms with Crippen molar-refractivity contribution in [3.8, 4) is 0 Å². The number of nitrogens with one attached hydrogen (secondary N) is 6. The Kier molecular flexibility index (Phi) is 17.1. The molecule has 2 fully saturated rings. The van der Waals surface area contributed by atoms with E-state index in [2.05, 4.69) is 66.0 Å². The highest BCUT2D eigenvalue weighted by molar-refractivity contribution is 5.23. The maximum absolute atomic E-state index is 3.63. The van der Waals surface area contributed by atoms with Gasteiger partial charge in [0.15, 0.2) is 0 Å². The summed E-state index contributed by atoms with van der Waals surface area (Å²) in [5, 5.41) is 21.4. The molecule has 0 radical (unpaired) electrons. The van der Waals surface area contributed by atoms with E-state index in [4.69, 9.17) is 0 Å². The molecular weight excluding hydrogens is 460 g/mol. The van der Waals surface area contributed by atoms with Gasteiger partial charge in [0.2, 0.25) is 0 Å². The number of hydrogen-bond donors (Lipinski definition) is 6. The van der Waals surface area contributed by atoms with Crippen LogP contribution in [0.15, 0.2) is 24.3 Å². The first kappa shape index (κ1) is 30.4. The Labute approximate surface area is 227 Å². The van der Waals surface area contributed by atoms with Gasteiger partial charge in [0.1, 0.15) is 0 Å². The first-order valence-corrected chi connectivity index (χ1v) is 15.2. The summed E-state index contributed by atoms with van der Waals surface area (Å²) in [7, 11) is 0. The summed E-state index contributed by atoms with van der Waals surface area (Å²) in [5.41, 5.74) is 2.91. The minimum absolute atomic E-state index is 1.05. The first-order valence-electron chi connectivity index (χ1n) is 15.2. The fourth-order valence-corrected chi connectivity index (χ4v) is 5.21. The molecule has 0 unspecified atom stereocenters. The van der Waals surface area contributed by atoms with Crippen LogP contribution in [-0.4, -0.2) is 115 Å². The normalized spacial score (nSPS) is 22.9. The zero-order chi connectivity index (χ0) is 25.6. The largest absolute Gasteiger partial charge is 0.317 e. The van der Waals surface area contributed by atoms with Crippen molar-refractivity contribution in [2.24, 2.45) is 0 Å². The van der Waals surface area contributed by atoms with E-state index in [1.807, 2.05) is 0 Å². The molecular formula is C29H56N8. The van der Waals surface area contributed by atoms with Crippen molar-refractivity contribution in [2.45, 2.75) is 45.2 Å². The maximum Gasteiger partial charge on any atom is 0.0233 e. The summed E-state index contributed by atoms with van der Waals surface area (Å²) in [4.78, 5) is 5.32. The lowest BCUT2D eigenvalue weighted by Gasteiger charge is -2.25. The predicted octanol–water partition coefficient (Wildman–Crippen LogP) is 0.806. The van der Waals surface area contributed by atoms with Gasteiger partial charge in [-0.05, 0) is 109 Å². The van der Waals surface area contributed by atoms with Crippen LogP contribution in [-0.2, 0) is 13.1 Å². The molecule has 6 N–H and O–H groups in total. The van der Waals surface area contributed by atoms with Crippen LogP contribution in [0.25, 0.3) is 0 Å². The molecule has 0 spiro atoms. The molecule has 0 bridgehead atoms. The standard InChI is InChI=1S/C29H56N8/c1-7-28(26-36-21-3-11-30-9-2-10-31-15-16-32-12-4-22-36)25-29(8-1)27-37-23-5-13-33-17-19-35-20-18-34-14-6-24-37/h1,7-8,25,30-35H,2-6,9-24,26-27H2. The Morgan fingerprint density at radius 1 is 0.432 bits per heavy atom. The minimum atomic E-state index is 1.05. The Morgan fingerprint density at radius 2 is 0.757 bits per heavy atom. The molecule has 0 amide bonds. The maximum atomic E-state index is 3.63. The second kappa shape index (κ2) is 20.8. The van der Waals surface area contributed by atoms with Crippen LogP contribution in [0, 0.1) is 0 Å². The molecule has 8 nitrogen and oxygen atoms in total. The predicted molar refractivity (Wildman–Crippen MR) is 157 cm³/mol. The molecule has 37 heavy (non-hydrogen) atoms. The molecule has 0 aliphatic carbocycles. The summed E-state index contributed by atoms with van der Waals surface area (Å²) in [6.07, 6.45) is 6.04. The topological polar surface area (TPSA) is 78.7 Å². The van der Waals surface area contributed by atoms with Crippen molar-refractivity contribution in [1.29, 1.82) is 0 Å². The van der Waals surface area contributed by atoms with Gasteiger partial charge in [0.25, 0.3) is 0 Å². The van der Waals surface area contributed by atoms with Gasteiger partial charge < -0.3 is 31.9 Å². The first-order chi connectivity index (χ1) is 18.4. The molecule has 3 rings (SSSR count). The van der Waals surface area contributed by atoms with Gasteiger partial charge in [-0.25, -0.2) is 0 Å². The van der Waals surface area contributed by atoms with Gasteiger partial charge in [-0.2, -0.15) is 0 Å². The van der Waals surface area contributed by atoms with E-state index in [9.17, 15) is 0 Å². The molecule has 212 valence electrons. The molecule has 0 atom stereocenters. The average molecular weight is 517 g/mol. The SMILES string of the molecule is c1cc(CN2CCCNCCCNCCNCCC2)cc(CN2CCCNCCNCCNCCC2)c1. The van der Waals surface area contributed by atoms with Crippen LogP contribution >= 0.6 is 0 Å². The van der Waals surface area contributed by atoms with Gasteiger partial charge in [-0.1, -0.05) is 24.3 Å². The van der Waals surface area contributed by atoms with E-state index in [0.29, 0.717) is 0 Å². The monoisotopic (exact) mass is 516 g/mol. The Hall–Kier alpha value is -1.10. The third-order valence-corrected chi connectivity index (χ3v) is 7.26. The van der Waals surface area contributed by atoms with E-state index in [1.165, 1.54) is 43.2 Å². The fourth-order valence-electron chi connectivity index (χ4n) is 5.21. The molecule has 0 saturated carbocycles. The minimum Gasteiger partial charge on any atom is -0.317 e. The van der Waals surface area contributed by atoms with Crippen LogP contribution in [0.5, 0.6) is 0 Å².